The molecule has 0 saturated heterocycles. The summed E-state index contributed by atoms with van der Waals surface area (Å²) in [5.74, 6) is 0.780. The summed E-state index contributed by atoms with van der Waals surface area (Å²) in [6.07, 6.45) is 4.24. The molecule has 0 amide bonds. The first kappa shape index (κ1) is 10.7. The quantitative estimate of drug-likeness (QED) is 0.795. The van der Waals surface area contributed by atoms with Gasteiger partial charge in [-0.25, -0.2) is 9.97 Å². The number of aromatic nitrogens is 3. The van der Waals surface area contributed by atoms with Gasteiger partial charge in [-0.3, -0.25) is 4.98 Å². The second-order valence-electron chi connectivity index (χ2n) is 2.96. The van der Waals surface area contributed by atoms with Gasteiger partial charge in [-0.1, -0.05) is 0 Å². The lowest BCUT2D eigenvalue weighted by molar-refractivity contribution is 0.939. The van der Waals surface area contributed by atoms with E-state index in [0.29, 0.717) is 6.42 Å². The van der Waals surface area contributed by atoms with Gasteiger partial charge in [0.1, 0.15) is 15.0 Å². The zero-order valence-corrected chi connectivity index (χ0v) is 10.9. The van der Waals surface area contributed by atoms with E-state index in [4.69, 9.17) is 0 Å². The van der Waals surface area contributed by atoms with Crippen molar-refractivity contribution >= 4 is 31.9 Å². The third-order valence-corrected chi connectivity index (χ3v) is 2.63. The molecule has 0 bridgehead atoms. The molecule has 0 aliphatic carbocycles. The molecule has 0 aliphatic heterocycles. The molecule has 0 radical (unpaired) electrons. The monoisotopic (exact) mass is 327 g/mol. The number of hydrogen-bond donors (Lipinski definition) is 0. The first-order valence-electron chi connectivity index (χ1n) is 4.32. The molecule has 0 unspecified atom stereocenters. The first-order chi connectivity index (χ1) is 7.24. The summed E-state index contributed by atoms with van der Waals surface area (Å²) in [6.45, 7) is 0. The van der Waals surface area contributed by atoms with Crippen LogP contribution in [0.25, 0.3) is 0 Å². The van der Waals surface area contributed by atoms with Gasteiger partial charge in [0.25, 0.3) is 0 Å². The number of hydrogen-bond acceptors (Lipinski definition) is 3. The van der Waals surface area contributed by atoms with E-state index in [2.05, 4.69) is 46.8 Å². The summed E-state index contributed by atoms with van der Waals surface area (Å²) in [6, 6.07) is 5.73. The van der Waals surface area contributed by atoms with Gasteiger partial charge < -0.3 is 0 Å². The van der Waals surface area contributed by atoms with Crippen LogP contribution in [-0.4, -0.2) is 15.0 Å². The molecule has 5 heteroatoms. The average molecular weight is 329 g/mol. The van der Waals surface area contributed by atoms with Crippen molar-refractivity contribution in [3.05, 3.63) is 51.2 Å². The van der Waals surface area contributed by atoms with E-state index >= 15 is 0 Å². The van der Waals surface area contributed by atoms with Crippen LogP contribution in [0.1, 0.15) is 11.4 Å². The van der Waals surface area contributed by atoms with Crippen molar-refractivity contribution < 1.29 is 0 Å². The van der Waals surface area contributed by atoms with E-state index < -0.39 is 0 Å². The van der Waals surface area contributed by atoms with Gasteiger partial charge in [-0.15, -0.1) is 0 Å². The van der Waals surface area contributed by atoms with Crippen LogP contribution in [0.5, 0.6) is 0 Å². The van der Waals surface area contributed by atoms with Crippen LogP contribution in [-0.2, 0) is 6.42 Å². The summed E-state index contributed by atoms with van der Waals surface area (Å²) in [5.41, 5.74) is 1.15. The van der Waals surface area contributed by atoms with Crippen molar-refractivity contribution in [2.24, 2.45) is 0 Å². The molecule has 2 aromatic heterocycles. The van der Waals surface area contributed by atoms with E-state index in [1.54, 1.807) is 12.4 Å². The summed E-state index contributed by atoms with van der Waals surface area (Å²) < 4.78 is 1.57. The Bertz CT molecular complexity index is 439. The Morgan fingerprint density at radius 3 is 2.20 bits per heavy atom. The van der Waals surface area contributed by atoms with Gasteiger partial charge in [0.05, 0.1) is 0 Å². The molecule has 2 heterocycles. The Balaban J connectivity index is 2.25. The van der Waals surface area contributed by atoms with Crippen molar-refractivity contribution in [3.63, 3.8) is 0 Å². The van der Waals surface area contributed by atoms with E-state index in [0.717, 1.165) is 20.6 Å². The highest BCUT2D eigenvalue weighted by atomic mass is 79.9. The fourth-order valence-electron chi connectivity index (χ4n) is 1.20. The highest BCUT2D eigenvalue weighted by Gasteiger charge is 2.02. The van der Waals surface area contributed by atoms with E-state index in [-0.39, 0.29) is 0 Å². The van der Waals surface area contributed by atoms with E-state index in [9.17, 15) is 0 Å². The predicted molar refractivity (Wildman–Crippen MR) is 64.5 cm³/mol. The molecule has 0 atom stereocenters. The summed E-state index contributed by atoms with van der Waals surface area (Å²) in [5, 5.41) is 0. The minimum absolute atomic E-state index is 0.709. The Morgan fingerprint density at radius 2 is 1.60 bits per heavy atom. The number of pyridine rings is 1. The molecule has 0 N–H and O–H groups in total. The molecule has 3 nitrogen and oxygen atoms in total. The van der Waals surface area contributed by atoms with Crippen LogP contribution in [0.4, 0.5) is 0 Å². The molecule has 0 aromatic carbocycles. The maximum absolute atomic E-state index is 4.28. The lowest BCUT2D eigenvalue weighted by Gasteiger charge is -2.01. The van der Waals surface area contributed by atoms with Crippen LogP contribution in [0.3, 0.4) is 0 Å². The first-order valence-corrected chi connectivity index (χ1v) is 5.90. The van der Waals surface area contributed by atoms with Crippen molar-refractivity contribution in [1.29, 1.82) is 0 Å². The molecule has 76 valence electrons. The van der Waals surface area contributed by atoms with Gasteiger partial charge in [0.2, 0.25) is 0 Å². The van der Waals surface area contributed by atoms with Crippen LogP contribution < -0.4 is 0 Å². The summed E-state index contributed by atoms with van der Waals surface area (Å²) >= 11 is 6.67. The fourth-order valence-corrected chi connectivity index (χ4v) is 2.35. The molecule has 2 aromatic rings. The Hall–Kier alpha value is -0.810. The number of nitrogens with zero attached hydrogens (tertiary/aromatic N) is 3. The molecule has 2 rings (SSSR count). The largest absolute Gasteiger partial charge is 0.265 e. The number of halogens is 2. The maximum Gasteiger partial charge on any atom is 0.135 e. The SMILES string of the molecule is Brc1cc(Br)nc(Cc2ccncc2)n1. The lowest BCUT2D eigenvalue weighted by atomic mass is 10.2. The summed E-state index contributed by atoms with van der Waals surface area (Å²) in [7, 11) is 0. The predicted octanol–water partition coefficient (Wildman–Crippen LogP) is 2.99. The van der Waals surface area contributed by atoms with Gasteiger partial charge in [0.15, 0.2) is 0 Å². The van der Waals surface area contributed by atoms with Gasteiger partial charge in [-0.05, 0) is 49.6 Å². The van der Waals surface area contributed by atoms with Crippen molar-refractivity contribution in [2.45, 2.75) is 6.42 Å². The highest BCUT2D eigenvalue weighted by Crippen LogP contribution is 2.14. The highest BCUT2D eigenvalue weighted by molar-refractivity contribution is 9.11. The standard InChI is InChI=1S/C10H7Br2N3/c11-8-6-9(12)15-10(14-8)5-7-1-3-13-4-2-7/h1-4,6H,5H2. The Morgan fingerprint density at radius 1 is 1.00 bits per heavy atom. The summed E-state index contributed by atoms with van der Waals surface area (Å²) in [4.78, 5) is 12.5. The molecule has 0 fully saturated rings. The fraction of sp³-hybridized carbons (Fsp3) is 0.100. The van der Waals surface area contributed by atoms with E-state index in [1.807, 2.05) is 18.2 Å². The minimum Gasteiger partial charge on any atom is -0.265 e. The van der Waals surface area contributed by atoms with E-state index in [1.165, 1.54) is 0 Å². The molecule has 0 spiro atoms. The van der Waals surface area contributed by atoms with Gasteiger partial charge in [-0.2, -0.15) is 0 Å². The average Bonchev–Trinajstić information content (AvgIpc) is 2.17. The Kier molecular flexibility index (Phi) is 3.43. The zero-order valence-electron chi connectivity index (χ0n) is 7.69. The molecule has 15 heavy (non-hydrogen) atoms. The van der Waals surface area contributed by atoms with Crippen molar-refractivity contribution in [1.82, 2.24) is 15.0 Å². The smallest absolute Gasteiger partial charge is 0.135 e. The second kappa shape index (κ2) is 4.81. The Labute approximate surface area is 104 Å². The van der Waals surface area contributed by atoms with Gasteiger partial charge >= 0.3 is 0 Å². The molecular weight excluding hydrogens is 322 g/mol. The zero-order chi connectivity index (χ0) is 10.7. The lowest BCUT2D eigenvalue weighted by Crippen LogP contribution is -1.97. The number of rotatable bonds is 2. The normalized spacial score (nSPS) is 10.3. The maximum atomic E-state index is 4.28. The van der Waals surface area contributed by atoms with Crippen LogP contribution in [0.15, 0.2) is 39.8 Å². The third-order valence-electron chi connectivity index (χ3n) is 1.82. The van der Waals surface area contributed by atoms with Crippen molar-refractivity contribution in [2.75, 3.05) is 0 Å². The van der Waals surface area contributed by atoms with Gasteiger partial charge in [0, 0.05) is 24.9 Å². The van der Waals surface area contributed by atoms with Crippen LogP contribution in [0, 0.1) is 0 Å². The van der Waals surface area contributed by atoms with Crippen LogP contribution in [0.2, 0.25) is 0 Å². The molecule has 0 saturated carbocycles. The minimum atomic E-state index is 0.709. The molecular formula is C10H7Br2N3. The van der Waals surface area contributed by atoms with Crippen molar-refractivity contribution in [3.8, 4) is 0 Å². The second-order valence-corrected chi connectivity index (χ2v) is 4.59. The molecule has 0 aliphatic rings. The topological polar surface area (TPSA) is 38.7 Å². The third kappa shape index (κ3) is 3.07. The van der Waals surface area contributed by atoms with Crippen LogP contribution >= 0.6 is 31.9 Å².